The van der Waals surface area contributed by atoms with Crippen LogP contribution in [0.1, 0.15) is 47.0 Å². The summed E-state index contributed by atoms with van der Waals surface area (Å²) in [5.74, 6) is -0.300. The van der Waals surface area contributed by atoms with Crippen molar-refractivity contribution in [3.63, 3.8) is 0 Å². The van der Waals surface area contributed by atoms with Gasteiger partial charge in [-0.2, -0.15) is 0 Å². The predicted octanol–water partition coefficient (Wildman–Crippen LogP) is 2.91. The fourth-order valence-corrected chi connectivity index (χ4v) is 1.69. The van der Waals surface area contributed by atoms with Crippen molar-refractivity contribution >= 4 is 5.97 Å². The summed E-state index contributed by atoms with van der Waals surface area (Å²) >= 11 is 0. The Bertz CT molecular complexity index is 405. The molecule has 0 saturated carbocycles. The summed E-state index contributed by atoms with van der Waals surface area (Å²) < 4.78 is 4.88. The first-order valence-corrected chi connectivity index (χ1v) is 7.27. The standard InChI is InChI=1S/C17H28O4/c1-13(10-11-18)6-5-7-15(3)17(20)9-8-14(2)12-21-16(4)19/h7-8,10,17-18,20H,5-6,9,11-12H2,1-4H3/b13-10+,14-8+,15-7+/t17-/m1/s1. The Morgan fingerprint density at radius 2 is 1.76 bits per heavy atom. The Morgan fingerprint density at radius 1 is 1.10 bits per heavy atom. The Hall–Kier alpha value is -1.39. The summed E-state index contributed by atoms with van der Waals surface area (Å²) in [5.41, 5.74) is 3.01. The van der Waals surface area contributed by atoms with Crippen LogP contribution in [-0.4, -0.2) is 35.5 Å². The second kappa shape index (κ2) is 11.3. The van der Waals surface area contributed by atoms with Crippen molar-refractivity contribution in [3.05, 3.63) is 34.9 Å². The van der Waals surface area contributed by atoms with Crippen LogP contribution >= 0.6 is 0 Å². The highest BCUT2D eigenvalue weighted by molar-refractivity contribution is 5.66. The highest BCUT2D eigenvalue weighted by atomic mass is 16.5. The molecule has 0 aliphatic rings. The Balaban J connectivity index is 4.19. The number of rotatable bonds is 9. The minimum absolute atomic E-state index is 0.0730. The third-order valence-corrected chi connectivity index (χ3v) is 3.16. The van der Waals surface area contributed by atoms with Gasteiger partial charge in [0.05, 0.1) is 12.7 Å². The molecule has 0 aliphatic carbocycles. The van der Waals surface area contributed by atoms with E-state index in [4.69, 9.17) is 9.84 Å². The van der Waals surface area contributed by atoms with E-state index in [1.54, 1.807) is 6.08 Å². The van der Waals surface area contributed by atoms with Crippen LogP contribution in [0.15, 0.2) is 34.9 Å². The lowest BCUT2D eigenvalue weighted by Gasteiger charge is -2.10. The number of hydrogen-bond acceptors (Lipinski definition) is 4. The van der Waals surface area contributed by atoms with Gasteiger partial charge in [0.1, 0.15) is 6.61 Å². The maximum Gasteiger partial charge on any atom is 0.302 e. The molecule has 0 unspecified atom stereocenters. The lowest BCUT2D eigenvalue weighted by molar-refractivity contribution is -0.139. The molecule has 0 bridgehead atoms. The molecule has 0 spiro atoms. The van der Waals surface area contributed by atoms with E-state index < -0.39 is 6.10 Å². The first kappa shape index (κ1) is 19.6. The maximum absolute atomic E-state index is 10.7. The van der Waals surface area contributed by atoms with Gasteiger partial charge >= 0.3 is 5.97 Å². The molecule has 0 rings (SSSR count). The van der Waals surface area contributed by atoms with E-state index in [0.717, 1.165) is 29.6 Å². The van der Waals surface area contributed by atoms with Crippen LogP contribution in [0.3, 0.4) is 0 Å². The van der Waals surface area contributed by atoms with Gasteiger partial charge in [-0.25, -0.2) is 0 Å². The zero-order valence-electron chi connectivity index (χ0n) is 13.6. The van der Waals surface area contributed by atoms with Crippen molar-refractivity contribution in [2.45, 2.75) is 53.1 Å². The van der Waals surface area contributed by atoms with Crippen LogP contribution in [0.25, 0.3) is 0 Å². The lowest BCUT2D eigenvalue weighted by Crippen LogP contribution is -2.08. The number of aliphatic hydroxyl groups is 2. The number of aliphatic hydroxyl groups excluding tert-OH is 2. The van der Waals surface area contributed by atoms with Gasteiger partial charge in [-0.05, 0) is 51.2 Å². The van der Waals surface area contributed by atoms with Crippen LogP contribution < -0.4 is 0 Å². The number of carbonyl (C=O) groups excluding carboxylic acids is 1. The summed E-state index contributed by atoms with van der Waals surface area (Å²) in [5, 5.41) is 18.8. The molecule has 21 heavy (non-hydrogen) atoms. The lowest BCUT2D eigenvalue weighted by atomic mass is 10.0. The maximum atomic E-state index is 10.7. The van der Waals surface area contributed by atoms with Crippen molar-refractivity contribution in [1.29, 1.82) is 0 Å². The zero-order valence-corrected chi connectivity index (χ0v) is 13.6. The monoisotopic (exact) mass is 296 g/mol. The van der Waals surface area contributed by atoms with E-state index in [1.807, 2.05) is 32.9 Å². The van der Waals surface area contributed by atoms with Crippen LogP contribution in [0.2, 0.25) is 0 Å². The molecule has 120 valence electrons. The molecule has 2 N–H and O–H groups in total. The molecule has 0 radical (unpaired) electrons. The van der Waals surface area contributed by atoms with Crippen molar-refractivity contribution in [3.8, 4) is 0 Å². The molecular formula is C17H28O4. The molecule has 0 aromatic carbocycles. The average molecular weight is 296 g/mol. The van der Waals surface area contributed by atoms with Gasteiger partial charge in [-0.1, -0.05) is 23.8 Å². The van der Waals surface area contributed by atoms with Gasteiger partial charge in [-0.15, -0.1) is 0 Å². The third-order valence-electron chi connectivity index (χ3n) is 3.16. The van der Waals surface area contributed by atoms with Gasteiger partial charge in [0.2, 0.25) is 0 Å². The fourth-order valence-electron chi connectivity index (χ4n) is 1.69. The van der Waals surface area contributed by atoms with E-state index in [-0.39, 0.29) is 19.2 Å². The number of esters is 1. The largest absolute Gasteiger partial charge is 0.461 e. The van der Waals surface area contributed by atoms with Crippen molar-refractivity contribution in [1.82, 2.24) is 0 Å². The summed E-state index contributed by atoms with van der Waals surface area (Å²) in [6.07, 6.45) is 7.44. The van der Waals surface area contributed by atoms with Crippen molar-refractivity contribution in [2.75, 3.05) is 13.2 Å². The first-order chi connectivity index (χ1) is 9.86. The quantitative estimate of drug-likeness (QED) is 0.507. The molecule has 0 heterocycles. The second-order valence-electron chi connectivity index (χ2n) is 5.30. The molecule has 1 atom stereocenters. The molecule has 4 heteroatoms. The summed E-state index contributed by atoms with van der Waals surface area (Å²) in [4.78, 5) is 10.7. The van der Waals surface area contributed by atoms with Gasteiger partial charge in [-0.3, -0.25) is 4.79 Å². The molecule has 4 nitrogen and oxygen atoms in total. The van der Waals surface area contributed by atoms with Gasteiger partial charge in [0.25, 0.3) is 0 Å². The van der Waals surface area contributed by atoms with E-state index in [9.17, 15) is 9.90 Å². The third kappa shape index (κ3) is 11.0. The Morgan fingerprint density at radius 3 is 2.33 bits per heavy atom. The molecule has 0 aromatic rings. The van der Waals surface area contributed by atoms with Crippen LogP contribution in [0.4, 0.5) is 0 Å². The molecular weight excluding hydrogens is 268 g/mol. The summed E-state index contributed by atoms with van der Waals surface area (Å²) in [7, 11) is 0. The summed E-state index contributed by atoms with van der Waals surface area (Å²) in [6.45, 7) is 7.49. The topological polar surface area (TPSA) is 66.8 Å². The molecule has 0 aromatic heterocycles. The number of carbonyl (C=O) groups is 1. The van der Waals surface area contributed by atoms with Gasteiger partial charge in [0, 0.05) is 6.92 Å². The van der Waals surface area contributed by atoms with Gasteiger partial charge < -0.3 is 14.9 Å². The van der Waals surface area contributed by atoms with Crippen LogP contribution in [0, 0.1) is 0 Å². The fraction of sp³-hybridized carbons (Fsp3) is 0.588. The predicted molar refractivity (Wildman–Crippen MR) is 84.8 cm³/mol. The van der Waals surface area contributed by atoms with E-state index in [0.29, 0.717) is 6.42 Å². The SMILES string of the molecule is CC(=O)OC/C(C)=C/C[C@@H](O)/C(C)=C/CC/C(C)=C/CO. The Kier molecular flexibility index (Phi) is 10.5. The minimum atomic E-state index is -0.514. The average Bonchev–Trinajstić information content (AvgIpc) is 2.42. The zero-order chi connectivity index (χ0) is 16.3. The number of ether oxygens (including phenoxy) is 1. The van der Waals surface area contributed by atoms with E-state index >= 15 is 0 Å². The highest BCUT2D eigenvalue weighted by Crippen LogP contribution is 2.12. The Labute approximate surface area is 127 Å². The highest BCUT2D eigenvalue weighted by Gasteiger charge is 2.05. The van der Waals surface area contributed by atoms with Crippen LogP contribution in [-0.2, 0) is 9.53 Å². The number of allylic oxidation sites excluding steroid dienone is 2. The summed E-state index contributed by atoms with van der Waals surface area (Å²) in [6, 6.07) is 0. The number of hydrogen-bond donors (Lipinski definition) is 2. The van der Waals surface area contributed by atoms with Crippen LogP contribution in [0.5, 0.6) is 0 Å². The molecule has 0 aliphatic heterocycles. The smallest absolute Gasteiger partial charge is 0.302 e. The van der Waals surface area contributed by atoms with Crippen molar-refractivity contribution < 1.29 is 19.7 Å². The second-order valence-corrected chi connectivity index (χ2v) is 5.30. The van der Waals surface area contributed by atoms with Gasteiger partial charge in [0.15, 0.2) is 0 Å². The normalized spacial score (nSPS) is 15.0. The molecule has 0 fully saturated rings. The van der Waals surface area contributed by atoms with Crippen molar-refractivity contribution in [2.24, 2.45) is 0 Å². The van der Waals surface area contributed by atoms with E-state index in [1.165, 1.54) is 6.92 Å². The van der Waals surface area contributed by atoms with E-state index in [2.05, 4.69) is 0 Å². The molecule has 0 amide bonds. The molecule has 0 saturated heterocycles. The first-order valence-electron chi connectivity index (χ1n) is 7.27. The minimum Gasteiger partial charge on any atom is -0.461 e.